The molecular formula is C12H16BrN3O4S. The lowest BCUT2D eigenvalue weighted by Gasteiger charge is -2.16. The van der Waals surface area contributed by atoms with Crippen LogP contribution in [0.3, 0.4) is 0 Å². The average molecular weight is 378 g/mol. The van der Waals surface area contributed by atoms with E-state index in [2.05, 4.69) is 20.7 Å². The van der Waals surface area contributed by atoms with Crippen LogP contribution in [0.1, 0.15) is 18.4 Å². The second-order valence-corrected chi connectivity index (χ2v) is 7.68. The number of hydrogen-bond donors (Lipinski definition) is 2. The number of rotatable bonds is 6. The van der Waals surface area contributed by atoms with Gasteiger partial charge in [0, 0.05) is 28.7 Å². The van der Waals surface area contributed by atoms with Gasteiger partial charge in [-0.05, 0) is 31.7 Å². The summed E-state index contributed by atoms with van der Waals surface area (Å²) >= 11 is 3.16. The summed E-state index contributed by atoms with van der Waals surface area (Å²) in [6.07, 6.45) is 1.89. The first-order valence-corrected chi connectivity index (χ1v) is 8.71. The van der Waals surface area contributed by atoms with Crippen LogP contribution in [0.15, 0.2) is 21.5 Å². The van der Waals surface area contributed by atoms with Gasteiger partial charge in [-0.1, -0.05) is 15.9 Å². The molecule has 1 saturated carbocycles. The third kappa shape index (κ3) is 3.60. The van der Waals surface area contributed by atoms with E-state index >= 15 is 0 Å². The smallest absolute Gasteiger partial charge is 0.274 e. The van der Waals surface area contributed by atoms with Crippen molar-refractivity contribution >= 4 is 31.6 Å². The van der Waals surface area contributed by atoms with Gasteiger partial charge in [0.2, 0.25) is 10.0 Å². The molecule has 0 radical (unpaired) electrons. The maximum absolute atomic E-state index is 12.4. The maximum atomic E-state index is 12.4. The maximum Gasteiger partial charge on any atom is 0.274 e. The molecule has 21 heavy (non-hydrogen) atoms. The van der Waals surface area contributed by atoms with Crippen molar-refractivity contribution in [3.63, 3.8) is 0 Å². The number of hydrogen-bond acceptors (Lipinski definition) is 5. The minimum atomic E-state index is -3.84. The molecule has 0 heterocycles. The summed E-state index contributed by atoms with van der Waals surface area (Å²) in [7, 11) is -3.84. The highest BCUT2D eigenvalue weighted by molar-refractivity contribution is 9.10. The van der Waals surface area contributed by atoms with E-state index in [4.69, 9.17) is 5.73 Å². The van der Waals surface area contributed by atoms with Crippen molar-refractivity contribution in [2.75, 3.05) is 6.54 Å². The van der Waals surface area contributed by atoms with Crippen molar-refractivity contribution < 1.29 is 13.3 Å². The number of nitrogens with one attached hydrogen (secondary N) is 1. The van der Waals surface area contributed by atoms with Gasteiger partial charge in [-0.2, -0.15) is 0 Å². The fraction of sp³-hybridized carbons (Fsp3) is 0.500. The lowest BCUT2D eigenvalue weighted by molar-refractivity contribution is -0.385. The summed E-state index contributed by atoms with van der Waals surface area (Å²) in [6, 6.07) is 2.11. The van der Waals surface area contributed by atoms with Crippen LogP contribution < -0.4 is 10.5 Å². The van der Waals surface area contributed by atoms with Crippen LogP contribution in [-0.4, -0.2) is 25.9 Å². The van der Waals surface area contributed by atoms with Crippen LogP contribution in [0.2, 0.25) is 0 Å². The van der Waals surface area contributed by atoms with Crippen molar-refractivity contribution in [3.05, 3.63) is 32.3 Å². The Morgan fingerprint density at radius 1 is 1.52 bits per heavy atom. The molecule has 1 aliphatic carbocycles. The molecule has 1 aliphatic rings. The fourth-order valence-corrected chi connectivity index (χ4v) is 4.05. The van der Waals surface area contributed by atoms with Crippen molar-refractivity contribution in [3.8, 4) is 0 Å². The van der Waals surface area contributed by atoms with Crippen LogP contribution in [0.4, 0.5) is 5.69 Å². The minimum Gasteiger partial charge on any atom is -0.329 e. The molecule has 1 aromatic carbocycles. The lowest BCUT2D eigenvalue weighted by Crippen LogP contribution is -2.41. The van der Waals surface area contributed by atoms with Gasteiger partial charge in [0.15, 0.2) is 0 Å². The Bertz CT molecular complexity index is 673. The van der Waals surface area contributed by atoms with E-state index in [-0.39, 0.29) is 29.1 Å². The molecule has 0 aliphatic heterocycles. The second-order valence-electron chi connectivity index (χ2n) is 5.11. The summed E-state index contributed by atoms with van der Waals surface area (Å²) in [5, 5.41) is 11.0. The highest BCUT2D eigenvalue weighted by atomic mass is 79.9. The topological polar surface area (TPSA) is 115 Å². The van der Waals surface area contributed by atoms with Crippen LogP contribution in [-0.2, 0) is 10.0 Å². The minimum absolute atomic E-state index is 0.134. The number of halogens is 1. The van der Waals surface area contributed by atoms with Crippen molar-refractivity contribution in [2.24, 2.45) is 11.7 Å². The Hall–Kier alpha value is -1.03. The SMILES string of the molecule is Cc1c(Br)cc(S(=O)(=O)NC(CN)C2CC2)cc1[N+](=O)[O-]. The molecule has 0 saturated heterocycles. The third-order valence-corrected chi connectivity index (χ3v) is 5.84. The summed E-state index contributed by atoms with van der Waals surface area (Å²) < 4.78 is 27.6. The molecule has 1 aromatic rings. The molecule has 0 bridgehead atoms. The van der Waals surface area contributed by atoms with E-state index in [9.17, 15) is 18.5 Å². The molecule has 0 aromatic heterocycles. The normalized spacial score (nSPS) is 16.7. The van der Waals surface area contributed by atoms with Gasteiger partial charge in [-0.25, -0.2) is 13.1 Å². The Morgan fingerprint density at radius 2 is 2.14 bits per heavy atom. The zero-order valence-electron chi connectivity index (χ0n) is 11.4. The zero-order chi connectivity index (χ0) is 15.8. The number of nitro benzene ring substituents is 1. The number of benzene rings is 1. The predicted molar refractivity (Wildman–Crippen MR) is 81.4 cm³/mol. The molecule has 0 amide bonds. The molecule has 0 spiro atoms. The first-order valence-electron chi connectivity index (χ1n) is 6.43. The molecule has 1 atom stereocenters. The number of nitrogens with two attached hydrogens (primary N) is 1. The molecule has 7 nitrogen and oxygen atoms in total. The van der Waals surface area contributed by atoms with E-state index in [1.807, 2.05) is 0 Å². The summed E-state index contributed by atoms with van der Waals surface area (Å²) in [5.74, 6) is 0.258. The molecule has 1 fully saturated rings. The Labute approximate surface area is 131 Å². The van der Waals surface area contributed by atoms with E-state index in [1.54, 1.807) is 6.92 Å². The molecule has 1 unspecified atom stereocenters. The highest BCUT2D eigenvalue weighted by Gasteiger charge is 2.34. The van der Waals surface area contributed by atoms with Gasteiger partial charge in [0.1, 0.15) is 0 Å². The largest absolute Gasteiger partial charge is 0.329 e. The van der Waals surface area contributed by atoms with Gasteiger partial charge < -0.3 is 5.73 Å². The van der Waals surface area contributed by atoms with Crippen molar-refractivity contribution in [2.45, 2.75) is 30.7 Å². The van der Waals surface area contributed by atoms with E-state index < -0.39 is 14.9 Å². The van der Waals surface area contributed by atoms with Gasteiger partial charge >= 0.3 is 0 Å². The number of sulfonamides is 1. The molecule has 3 N–H and O–H groups in total. The third-order valence-electron chi connectivity index (χ3n) is 3.55. The van der Waals surface area contributed by atoms with Crippen LogP contribution in [0, 0.1) is 23.0 Å². The summed E-state index contributed by atoms with van der Waals surface area (Å²) in [5.41, 5.74) is 5.74. The molecule has 9 heteroatoms. The van der Waals surface area contributed by atoms with E-state index in [1.165, 1.54) is 6.07 Å². The summed E-state index contributed by atoms with van der Waals surface area (Å²) in [6.45, 7) is 1.76. The number of nitro groups is 1. The molecule has 2 rings (SSSR count). The highest BCUT2D eigenvalue weighted by Crippen LogP contribution is 2.34. The van der Waals surface area contributed by atoms with Crippen LogP contribution in [0.5, 0.6) is 0 Å². The van der Waals surface area contributed by atoms with Gasteiger partial charge in [0.25, 0.3) is 5.69 Å². The zero-order valence-corrected chi connectivity index (χ0v) is 13.8. The van der Waals surface area contributed by atoms with Crippen LogP contribution >= 0.6 is 15.9 Å². The first kappa shape index (κ1) is 16.3. The quantitative estimate of drug-likeness (QED) is 0.577. The van der Waals surface area contributed by atoms with Gasteiger partial charge in [-0.15, -0.1) is 0 Å². The Kier molecular flexibility index (Phi) is 4.66. The Morgan fingerprint density at radius 3 is 2.62 bits per heavy atom. The van der Waals surface area contributed by atoms with Crippen molar-refractivity contribution in [1.29, 1.82) is 0 Å². The standard InChI is InChI=1S/C12H16BrN3O4S/c1-7-10(13)4-9(5-12(7)16(17)18)21(19,20)15-11(6-14)8-2-3-8/h4-5,8,11,15H,2-3,6,14H2,1H3. The lowest BCUT2D eigenvalue weighted by atomic mass is 10.2. The average Bonchev–Trinajstić information content (AvgIpc) is 3.22. The van der Waals surface area contributed by atoms with Gasteiger partial charge in [-0.3, -0.25) is 10.1 Å². The fourth-order valence-electron chi connectivity index (χ4n) is 2.09. The number of nitrogens with zero attached hydrogens (tertiary/aromatic N) is 1. The van der Waals surface area contributed by atoms with E-state index in [0.29, 0.717) is 10.0 Å². The van der Waals surface area contributed by atoms with Crippen LogP contribution in [0.25, 0.3) is 0 Å². The second kappa shape index (κ2) is 5.99. The van der Waals surface area contributed by atoms with E-state index in [0.717, 1.165) is 18.9 Å². The Balaban J connectivity index is 2.37. The van der Waals surface area contributed by atoms with Gasteiger partial charge in [0.05, 0.1) is 9.82 Å². The monoisotopic (exact) mass is 377 g/mol. The van der Waals surface area contributed by atoms with Crippen molar-refractivity contribution in [1.82, 2.24) is 4.72 Å². The molecular weight excluding hydrogens is 362 g/mol. The first-order chi connectivity index (χ1) is 9.76. The molecule has 116 valence electrons. The predicted octanol–water partition coefficient (Wildman–Crippen LogP) is 1.68. The summed E-state index contributed by atoms with van der Waals surface area (Å²) in [4.78, 5) is 10.3.